The van der Waals surface area contributed by atoms with E-state index in [1.807, 2.05) is 30.3 Å². The number of nitrogens with one attached hydrogen (secondary N) is 1. The Kier molecular flexibility index (Phi) is 6.37. The molecule has 1 saturated heterocycles. The first-order valence-corrected chi connectivity index (χ1v) is 11.5. The molecule has 3 nitrogen and oxygen atoms in total. The Morgan fingerprint density at radius 1 is 1.10 bits per heavy atom. The molecule has 4 rings (SSSR count). The summed E-state index contributed by atoms with van der Waals surface area (Å²) in [5.41, 5.74) is 1.86. The predicted octanol–water partition coefficient (Wildman–Crippen LogP) is 6.47. The van der Waals surface area contributed by atoms with Gasteiger partial charge in [-0.1, -0.05) is 59.9 Å². The third kappa shape index (κ3) is 3.64. The standard InChI is InChI=1S/C24H26Cl3NO2/c1-3-24-11-10-18(17-9-8-16(26)12-19(17)27)21(14-4-6-15(25)7-5-14)22(24)20(13-30-2)28-23(24)29/h4-9,12,18,20-22H,3,10-11,13H2,1-2H3,(H,28,29)/t18-,20+,21-,22-,24?/m0/s1. The lowest BCUT2D eigenvalue weighted by molar-refractivity contribution is -0.131. The minimum absolute atomic E-state index is 0.0444. The first kappa shape index (κ1) is 22.0. The molecule has 0 bridgehead atoms. The van der Waals surface area contributed by atoms with Crippen molar-refractivity contribution in [2.75, 3.05) is 13.7 Å². The fourth-order valence-corrected chi connectivity index (χ4v) is 6.50. The molecule has 1 N–H and O–H groups in total. The van der Waals surface area contributed by atoms with Crippen molar-refractivity contribution in [1.82, 2.24) is 5.32 Å². The molecule has 160 valence electrons. The van der Waals surface area contributed by atoms with Crippen LogP contribution in [0, 0.1) is 11.3 Å². The third-order valence-electron chi connectivity index (χ3n) is 7.16. The van der Waals surface area contributed by atoms with Crippen LogP contribution in [-0.2, 0) is 9.53 Å². The minimum Gasteiger partial charge on any atom is -0.383 e. The second kappa shape index (κ2) is 8.70. The van der Waals surface area contributed by atoms with Crippen molar-refractivity contribution in [3.05, 3.63) is 68.7 Å². The Bertz CT molecular complexity index is 933. The van der Waals surface area contributed by atoms with Crippen molar-refractivity contribution in [3.63, 3.8) is 0 Å². The highest BCUT2D eigenvalue weighted by Gasteiger charge is 2.60. The molecule has 2 fully saturated rings. The molecule has 0 aromatic heterocycles. The van der Waals surface area contributed by atoms with E-state index in [1.165, 1.54) is 5.56 Å². The van der Waals surface area contributed by atoms with Crippen LogP contribution in [-0.4, -0.2) is 25.7 Å². The molecule has 2 aliphatic rings. The lowest BCUT2D eigenvalue weighted by Gasteiger charge is -2.48. The highest BCUT2D eigenvalue weighted by atomic mass is 35.5. The molecular weight excluding hydrogens is 441 g/mol. The summed E-state index contributed by atoms with van der Waals surface area (Å²) in [6.45, 7) is 2.61. The second-order valence-corrected chi connectivity index (χ2v) is 9.74. The average molecular weight is 467 g/mol. The number of methoxy groups -OCH3 is 1. The summed E-state index contributed by atoms with van der Waals surface area (Å²) >= 11 is 19.0. The van der Waals surface area contributed by atoms with Crippen LogP contribution < -0.4 is 5.32 Å². The molecule has 1 heterocycles. The Labute approximate surface area is 193 Å². The summed E-state index contributed by atoms with van der Waals surface area (Å²) in [6.07, 6.45) is 2.51. The molecule has 1 amide bonds. The number of amides is 1. The van der Waals surface area contributed by atoms with Gasteiger partial charge < -0.3 is 10.1 Å². The van der Waals surface area contributed by atoms with Gasteiger partial charge in [0.05, 0.1) is 18.1 Å². The normalized spacial score (nSPS) is 30.8. The zero-order chi connectivity index (χ0) is 21.5. The molecule has 1 saturated carbocycles. The van der Waals surface area contributed by atoms with E-state index in [0.29, 0.717) is 21.7 Å². The van der Waals surface area contributed by atoms with Gasteiger partial charge in [0, 0.05) is 28.1 Å². The monoisotopic (exact) mass is 465 g/mol. The van der Waals surface area contributed by atoms with Gasteiger partial charge in [0.15, 0.2) is 0 Å². The van der Waals surface area contributed by atoms with Gasteiger partial charge in [-0.2, -0.15) is 0 Å². The second-order valence-electron chi connectivity index (χ2n) is 8.46. The largest absolute Gasteiger partial charge is 0.383 e. The highest BCUT2D eigenvalue weighted by Crippen LogP contribution is 2.60. The molecule has 2 aromatic rings. The maximum absolute atomic E-state index is 13.2. The molecule has 1 aliphatic carbocycles. The SMILES string of the molecule is CCC12CC[C@@H](c3ccc(Cl)cc3Cl)[C@H](c3ccc(Cl)cc3)[C@@H]1[C@@H](COC)NC2=O. The number of hydrogen-bond acceptors (Lipinski definition) is 2. The first-order chi connectivity index (χ1) is 14.4. The number of benzene rings is 2. The van der Waals surface area contributed by atoms with Crippen LogP contribution >= 0.6 is 34.8 Å². The number of ether oxygens (including phenoxy) is 1. The van der Waals surface area contributed by atoms with Gasteiger partial charge in [0.2, 0.25) is 5.91 Å². The lowest BCUT2D eigenvalue weighted by Crippen LogP contribution is -2.45. The Balaban J connectivity index is 1.87. The summed E-state index contributed by atoms with van der Waals surface area (Å²) in [6, 6.07) is 13.7. The van der Waals surface area contributed by atoms with Gasteiger partial charge in [-0.25, -0.2) is 0 Å². The fraction of sp³-hybridized carbons (Fsp3) is 0.458. The van der Waals surface area contributed by atoms with Crippen molar-refractivity contribution in [2.24, 2.45) is 11.3 Å². The van der Waals surface area contributed by atoms with Crippen LogP contribution in [0.15, 0.2) is 42.5 Å². The van der Waals surface area contributed by atoms with Gasteiger partial charge in [-0.3, -0.25) is 4.79 Å². The molecule has 1 aliphatic heterocycles. The summed E-state index contributed by atoms with van der Waals surface area (Å²) in [5.74, 6) is 0.528. The summed E-state index contributed by atoms with van der Waals surface area (Å²) in [5, 5.41) is 5.25. The van der Waals surface area contributed by atoms with Crippen molar-refractivity contribution in [3.8, 4) is 0 Å². The van der Waals surface area contributed by atoms with Gasteiger partial charge in [0.1, 0.15) is 0 Å². The molecule has 30 heavy (non-hydrogen) atoms. The molecule has 2 aromatic carbocycles. The number of halogens is 3. The molecular formula is C24H26Cl3NO2. The number of carbonyl (C=O) groups excluding carboxylic acids is 1. The van der Waals surface area contributed by atoms with Crippen LogP contribution in [0.4, 0.5) is 0 Å². The van der Waals surface area contributed by atoms with Gasteiger partial charge >= 0.3 is 0 Å². The van der Waals surface area contributed by atoms with E-state index in [0.717, 1.165) is 24.8 Å². The third-order valence-corrected chi connectivity index (χ3v) is 7.97. The summed E-state index contributed by atoms with van der Waals surface area (Å²) < 4.78 is 5.52. The molecule has 1 unspecified atom stereocenters. The maximum atomic E-state index is 13.2. The van der Waals surface area contributed by atoms with Crippen LogP contribution in [0.5, 0.6) is 0 Å². The lowest BCUT2D eigenvalue weighted by atomic mass is 9.54. The first-order valence-electron chi connectivity index (χ1n) is 10.4. The average Bonchev–Trinajstić information content (AvgIpc) is 3.01. The van der Waals surface area contributed by atoms with Crippen molar-refractivity contribution in [1.29, 1.82) is 0 Å². The fourth-order valence-electron chi connectivity index (χ4n) is 5.83. The van der Waals surface area contributed by atoms with E-state index in [4.69, 9.17) is 39.5 Å². The van der Waals surface area contributed by atoms with Gasteiger partial charge in [0.25, 0.3) is 0 Å². The van der Waals surface area contributed by atoms with Gasteiger partial charge in [-0.15, -0.1) is 0 Å². The van der Waals surface area contributed by atoms with E-state index in [1.54, 1.807) is 7.11 Å². The smallest absolute Gasteiger partial charge is 0.226 e. The van der Waals surface area contributed by atoms with Crippen molar-refractivity contribution >= 4 is 40.7 Å². The maximum Gasteiger partial charge on any atom is 0.226 e. The topological polar surface area (TPSA) is 38.3 Å². The van der Waals surface area contributed by atoms with E-state index in [9.17, 15) is 4.79 Å². The van der Waals surface area contributed by atoms with E-state index >= 15 is 0 Å². The van der Waals surface area contributed by atoms with Crippen LogP contribution in [0.2, 0.25) is 15.1 Å². The zero-order valence-corrected chi connectivity index (χ0v) is 19.4. The molecule has 5 atom stereocenters. The zero-order valence-electron chi connectivity index (χ0n) is 17.1. The molecule has 0 radical (unpaired) electrons. The van der Waals surface area contributed by atoms with Gasteiger partial charge in [-0.05, 0) is 66.5 Å². The van der Waals surface area contributed by atoms with Crippen LogP contribution in [0.1, 0.15) is 49.1 Å². The van der Waals surface area contributed by atoms with Crippen LogP contribution in [0.25, 0.3) is 0 Å². The Hall–Kier alpha value is -1.26. The predicted molar refractivity (Wildman–Crippen MR) is 123 cm³/mol. The Morgan fingerprint density at radius 2 is 1.80 bits per heavy atom. The van der Waals surface area contributed by atoms with E-state index < -0.39 is 5.41 Å². The Morgan fingerprint density at radius 3 is 2.43 bits per heavy atom. The highest BCUT2D eigenvalue weighted by molar-refractivity contribution is 6.35. The van der Waals surface area contributed by atoms with Crippen molar-refractivity contribution in [2.45, 2.75) is 44.1 Å². The minimum atomic E-state index is -0.400. The number of fused-ring (bicyclic) bond motifs is 1. The molecule has 0 spiro atoms. The van der Waals surface area contributed by atoms with E-state index in [2.05, 4.69) is 24.4 Å². The van der Waals surface area contributed by atoms with Crippen LogP contribution in [0.3, 0.4) is 0 Å². The summed E-state index contributed by atoms with van der Waals surface area (Å²) in [4.78, 5) is 13.2. The number of rotatable bonds is 5. The van der Waals surface area contributed by atoms with E-state index in [-0.39, 0.29) is 29.7 Å². The number of carbonyl (C=O) groups is 1. The molecule has 6 heteroatoms. The quantitative estimate of drug-likeness (QED) is 0.549. The summed E-state index contributed by atoms with van der Waals surface area (Å²) in [7, 11) is 1.69. The van der Waals surface area contributed by atoms with Crippen molar-refractivity contribution < 1.29 is 9.53 Å². The number of hydrogen-bond donors (Lipinski definition) is 1.